The lowest BCUT2D eigenvalue weighted by Crippen LogP contribution is -2.53. The number of Topliss-reactive ketones (excluding diaryl/α,β-unsaturated/α-hetero) is 1. The first kappa shape index (κ1) is 21.7. The summed E-state index contributed by atoms with van der Waals surface area (Å²) in [6, 6.07) is 26.1. The number of carbonyl (C=O) groups excluding carboxylic acids is 1. The molecule has 1 aliphatic rings. The molecule has 0 aliphatic carbocycles. The number of thioether (sulfide) groups is 1. The molecule has 1 aliphatic heterocycles. The molecule has 1 N–H and O–H groups in total. The Morgan fingerprint density at radius 2 is 1.45 bits per heavy atom. The number of benzene rings is 4. The van der Waals surface area contributed by atoms with Crippen molar-refractivity contribution in [3.05, 3.63) is 114 Å². The van der Waals surface area contributed by atoms with Crippen molar-refractivity contribution in [1.29, 1.82) is 0 Å². The minimum Gasteiger partial charge on any atom is -0.388 e. The Bertz CT molecular complexity index is 1340. The van der Waals surface area contributed by atoms with Crippen molar-refractivity contribution in [2.24, 2.45) is 5.92 Å². The topological polar surface area (TPSA) is 37.3 Å². The molecule has 33 heavy (non-hydrogen) atoms. The first-order valence-corrected chi connectivity index (χ1v) is 11.3. The van der Waals surface area contributed by atoms with Gasteiger partial charge in [0.15, 0.2) is 10.5 Å². The van der Waals surface area contributed by atoms with Gasteiger partial charge in [-0.05, 0) is 34.0 Å². The summed E-state index contributed by atoms with van der Waals surface area (Å²) in [5.74, 6) is -2.50. The number of rotatable bonds is 3. The quantitative estimate of drug-likeness (QED) is 0.334. The van der Waals surface area contributed by atoms with Gasteiger partial charge < -0.3 is 5.11 Å². The third-order valence-corrected chi connectivity index (χ3v) is 7.84. The largest absolute Gasteiger partial charge is 0.408 e. The molecule has 0 unspecified atom stereocenters. The van der Waals surface area contributed by atoms with Crippen molar-refractivity contribution in [2.45, 2.75) is 21.9 Å². The van der Waals surface area contributed by atoms with E-state index in [4.69, 9.17) is 0 Å². The van der Waals surface area contributed by atoms with Crippen LogP contribution < -0.4 is 0 Å². The lowest BCUT2D eigenvalue weighted by Gasteiger charge is -2.46. The van der Waals surface area contributed by atoms with Crippen molar-refractivity contribution >= 4 is 28.3 Å². The second-order valence-corrected chi connectivity index (χ2v) is 9.38. The van der Waals surface area contributed by atoms with Gasteiger partial charge in [0.2, 0.25) is 0 Å². The van der Waals surface area contributed by atoms with Gasteiger partial charge in [0.25, 0.3) is 0 Å². The van der Waals surface area contributed by atoms with E-state index in [1.165, 1.54) is 30.3 Å². The van der Waals surface area contributed by atoms with Crippen LogP contribution in [-0.4, -0.2) is 17.1 Å². The number of halogens is 3. The molecule has 0 bridgehead atoms. The molecule has 1 heterocycles. The predicted octanol–water partition coefficient (Wildman–Crippen LogP) is 6.94. The molecule has 3 atom stereocenters. The number of hydrogen-bond donors (Lipinski definition) is 1. The van der Waals surface area contributed by atoms with Gasteiger partial charge in [-0.3, -0.25) is 4.79 Å². The molecule has 0 fully saturated rings. The van der Waals surface area contributed by atoms with Crippen LogP contribution in [0.2, 0.25) is 0 Å². The molecule has 5 rings (SSSR count). The Kier molecular flexibility index (Phi) is 5.30. The maximum atomic E-state index is 15.0. The van der Waals surface area contributed by atoms with E-state index in [1.54, 1.807) is 42.5 Å². The summed E-state index contributed by atoms with van der Waals surface area (Å²) in [7, 11) is 0. The second-order valence-electron chi connectivity index (χ2n) is 8.09. The van der Waals surface area contributed by atoms with Crippen molar-refractivity contribution in [3.63, 3.8) is 0 Å². The average Bonchev–Trinajstić information content (AvgIpc) is 2.83. The van der Waals surface area contributed by atoms with Gasteiger partial charge in [-0.1, -0.05) is 84.9 Å². The Hall–Kier alpha value is -3.09. The number of fused-ring (bicyclic) bond motifs is 2. The van der Waals surface area contributed by atoms with E-state index in [1.807, 2.05) is 24.3 Å². The van der Waals surface area contributed by atoms with Crippen molar-refractivity contribution in [1.82, 2.24) is 0 Å². The summed E-state index contributed by atoms with van der Waals surface area (Å²) in [6.45, 7) is 0. The minimum absolute atomic E-state index is 0.0600. The summed E-state index contributed by atoms with van der Waals surface area (Å²) in [4.78, 5) is 14.1. The first-order chi connectivity index (χ1) is 15.8. The zero-order chi connectivity index (χ0) is 23.2. The van der Waals surface area contributed by atoms with Crippen molar-refractivity contribution < 1.29 is 23.1 Å². The van der Waals surface area contributed by atoms with Gasteiger partial charge in [0.1, 0.15) is 0 Å². The van der Waals surface area contributed by atoms with E-state index >= 15 is 13.2 Å². The van der Waals surface area contributed by atoms with Gasteiger partial charge in [0, 0.05) is 10.5 Å². The molecule has 0 radical (unpaired) electrons. The van der Waals surface area contributed by atoms with Crippen LogP contribution in [0.5, 0.6) is 0 Å². The summed E-state index contributed by atoms with van der Waals surface area (Å²) in [5, 5.41) is 12.9. The number of carbonyl (C=O) groups is 1. The smallest absolute Gasteiger partial charge is 0.388 e. The molecular weight excluding hydrogens is 445 g/mol. The molecule has 4 aromatic carbocycles. The lowest BCUT2D eigenvalue weighted by molar-refractivity contribution is -0.180. The number of aliphatic hydroxyl groups is 1. The zero-order valence-corrected chi connectivity index (χ0v) is 18.1. The van der Waals surface area contributed by atoms with Gasteiger partial charge >= 0.3 is 6.18 Å². The van der Waals surface area contributed by atoms with E-state index in [0.29, 0.717) is 22.2 Å². The number of hydrogen-bond acceptors (Lipinski definition) is 3. The highest BCUT2D eigenvalue weighted by Crippen LogP contribution is 2.64. The average molecular weight is 465 g/mol. The van der Waals surface area contributed by atoms with Gasteiger partial charge in [0.05, 0.1) is 12.0 Å². The SMILES string of the molecule is O=C(c1ccc2ccccc2c1)[C@@H]1[C@@H](O)c2ccccc2S[C@@]1(c1ccccc1)C(F)(F)F. The number of aliphatic hydroxyl groups excluding tert-OH is 1. The molecule has 0 saturated heterocycles. The molecule has 4 aromatic rings. The van der Waals surface area contributed by atoms with Crippen LogP contribution in [0.1, 0.15) is 27.6 Å². The summed E-state index contributed by atoms with van der Waals surface area (Å²) in [5.41, 5.74) is 0.412. The molecule has 0 amide bonds. The van der Waals surface area contributed by atoms with E-state index in [9.17, 15) is 9.90 Å². The zero-order valence-electron chi connectivity index (χ0n) is 17.3. The highest BCUT2D eigenvalue weighted by atomic mass is 32.2. The molecule has 0 saturated carbocycles. The summed E-state index contributed by atoms with van der Waals surface area (Å²) < 4.78 is 42.5. The van der Waals surface area contributed by atoms with Gasteiger partial charge in [-0.25, -0.2) is 0 Å². The fraction of sp³-hybridized carbons (Fsp3) is 0.148. The van der Waals surface area contributed by atoms with Crippen LogP contribution >= 0.6 is 11.8 Å². The number of ketones is 1. The van der Waals surface area contributed by atoms with Gasteiger partial charge in [-0.15, -0.1) is 11.8 Å². The normalized spacial score (nSPS) is 22.7. The number of alkyl halides is 3. The summed E-state index contributed by atoms with van der Waals surface area (Å²) >= 11 is 0.597. The fourth-order valence-corrected chi connectivity index (χ4v) is 6.16. The van der Waals surface area contributed by atoms with Crippen LogP contribution in [-0.2, 0) is 4.75 Å². The molecular formula is C27H19F3O2S. The molecule has 6 heteroatoms. The predicted molar refractivity (Wildman–Crippen MR) is 123 cm³/mol. The van der Waals surface area contributed by atoms with Crippen molar-refractivity contribution in [2.75, 3.05) is 0 Å². The molecule has 0 spiro atoms. The Labute approximate surface area is 193 Å². The van der Waals surface area contributed by atoms with E-state index in [0.717, 1.165) is 10.8 Å². The van der Waals surface area contributed by atoms with E-state index in [-0.39, 0.29) is 11.1 Å². The molecule has 2 nitrogen and oxygen atoms in total. The summed E-state index contributed by atoms with van der Waals surface area (Å²) in [6.07, 6.45) is -6.44. The highest BCUT2D eigenvalue weighted by molar-refractivity contribution is 8.00. The Morgan fingerprint density at radius 3 is 2.18 bits per heavy atom. The third-order valence-electron chi connectivity index (χ3n) is 6.20. The molecule has 0 aromatic heterocycles. The van der Waals surface area contributed by atoms with E-state index < -0.39 is 28.7 Å². The standard InChI is InChI=1S/C27H19F3O2S/c28-27(29,30)26(20-10-2-1-3-11-20)23(25(32)21-12-6-7-13-22(21)33-26)24(31)19-15-14-17-8-4-5-9-18(17)16-19/h1-16,23,25,32H/t23-,25+,26-/m1/s1. The minimum atomic E-state index is -4.81. The van der Waals surface area contributed by atoms with Gasteiger partial charge in [-0.2, -0.15) is 13.2 Å². The van der Waals surface area contributed by atoms with Crippen LogP contribution in [0, 0.1) is 5.92 Å². The van der Waals surface area contributed by atoms with Crippen LogP contribution in [0.15, 0.2) is 102 Å². The Balaban J connectivity index is 1.76. The highest BCUT2D eigenvalue weighted by Gasteiger charge is 2.67. The van der Waals surface area contributed by atoms with Crippen LogP contribution in [0.3, 0.4) is 0 Å². The maximum Gasteiger partial charge on any atom is 0.408 e. The monoisotopic (exact) mass is 464 g/mol. The second kappa shape index (κ2) is 8.04. The third kappa shape index (κ3) is 3.45. The van der Waals surface area contributed by atoms with Crippen LogP contribution in [0.25, 0.3) is 10.8 Å². The lowest BCUT2D eigenvalue weighted by atomic mass is 9.74. The Morgan fingerprint density at radius 1 is 0.818 bits per heavy atom. The fourth-order valence-electron chi connectivity index (χ4n) is 4.63. The molecule has 166 valence electrons. The maximum absolute atomic E-state index is 15.0. The van der Waals surface area contributed by atoms with Crippen molar-refractivity contribution in [3.8, 4) is 0 Å². The first-order valence-electron chi connectivity index (χ1n) is 10.4. The van der Waals surface area contributed by atoms with E-state index in [2.05, 4.69) is 0 Å². The van der Waals surface area contributed by atoms with Crippen LogP contribution in [0.4, 0.5) is 13.2 Å².